The molecule has 3 aliphatic rings. The molecule has 0 heterocycles. The van der Waals surface area contributed by atoms with E-state index in [-0.39, 0.29) is 50.9 Å². The van der Waals surface area contributed by atoms with Crippen LogP contribution in [0.3, 0.4) is 0 Å². The molecule has 3 aliphatic carbocycles. The molecule has 0 aromatic rings. The topological polar surface area (TPSA) is 18.5 Å². The minimum Gasteiger partial charge on any atom is -0.317 e. The summed E-state index contributed by atoms with van der Waals surface area (Å²) in [6.45, 7) is 0. The molecule has 0 spiro atoms. The Bertz CT molecular complexity index is 537. The summed E-state index contributed by atoms with van der Waals surface area (Å²) >= 11 is 0. The molecule has 0 aromatic heterocycles. The summed E-state index contributed by atoms with van der Waals surface area (Å²) in [5.74, 6) is -2.94. The summed E-state index contributed by atoms with van der Waals surface area (Å²) in [5, 5.41) is 0. The average molecular weight is 452 g/mol. The zero-order valence-electron chi connectivity index (χ0n) is 16.5. The third-order valence-corrected chi connectivity index (χ3v) is 6.79. The SMILES string of the molecule is FC1CCCC(C2CC(F)C(C(F)(F)OC3CCC(OC(F)(F)F)CC3)C(F)C2)C1. The number of halogens is 8. The van der Waals surface area contributed by atoms with E-state index >= 15 is 0 Å². The lowest BCUT2D eigenvalue weighted by Crippen LogP contribution is -2.50. The van der Waals surface area contributed by atoms with Crippen LogP contribution in [0.15, 0.2) is 0 Å². The molecule has 0 bridgehead atoms. The summed E-state index contributed by atoms with van der Waals surface area (Å²) in [7, 11) is 0. The van der Waals surface area contributed by atoms with Gasteiger partial charge in [0.05, 0.1) is 12.2 Å². The Morgan fingerprint density at radius 3 is 1.63 bits per heavy atom. The second-order valence-electron chi connectivity index (χ2n) is 8.96. The van der Waals surface area contributed by atoms with Crippen molar-refractivity contribution < 1.29 is 44.6 Å². The van der Waals surface area contributed by atoms with E-state index in [1.54, 1.807) is 0 Å². The first kappa shape index (κ1) is 24.0. The van der Waals surface area contributed by atoms with E-state index in [1.165, 1.54) is 0 Å². The molecule has 0 amide bonds. The number of rotatable bonds is 5. The predicted molar refractivity (Wildman–Crippen MR) is 92.1 cm³/mol. The van der Waals surface area contributed by atoms with E-state index in [0.29, 0.717) is 19.3 Å². The third kappa shape index (κ3) is 6.20. The van der Waals surface area contributed by atoms with Gasteiger partial charge in [0.15, 0.2) is 0 Å². The van der Waals surface area contributed by atoms with E-state index in [0.717, 1.165) is 0 Å². The van der Waals surface area contributed by atoms with Crippen LogP contribution in [0.5, 0.6) is 0 Å². The highest BCUT2D eigenvalue weighted by molar-refractivity contribution is 4.94. The van der Waals surface area contributed by atoms with Crippen LogP contribution in [0, 0.1) is 17.8 Å². The Balaban J connectivity index is 1.53. The van der Waals surface area contributed by atoms with Crippen LogP contribution in [0.25, 0.3) is 0 Å². The molecule has 4 atom stereocenters. The van der Waals surface area contributed by atoms with Gasteiger partial charge in [-0.15, -0.1) is 13.2 Å². The molecule has 4 unspecified atom stereocenters. The Kier molecular flexibility index (Phi) is 7.58. The van der Waals surface area contributed by atoms with Crippen LogP contribution in [0.2, 0.25) is 0 Å². The standard InChI is InChI=1S/C20H28F8O2/c21-13-3-1-2-11(8-13)12-9-16(22)18(17(23)10-12)19(24,25)29-14-4-6-15(7-5-14)30-20(26,27)28/h11-18H,1-10H2. The van der Waals surface area contributed by atoms with Crippen molar-refractivity contribution in [3.63, 3.8) is 0 Å². The van der Waals surface area contributed by atoms with Gasteiger partial charge >= 0.3 is 12.5 Å². The molecule has 0 N–H and O–H groups in total. The monoisotopic (exact) mass is 452 g/mol. The van der Waals surface area contributed by atoms with Gasteiger partial charge in [0, 0.05) is 0 Å². The minimum absolute atomic E-state index is 0.112. The smallest absolute Gasteiger partial charge is 0.317 e. The van der Waals surface area contributed by atoms with Crippen molar-refractivity contribution in [1.29, 1.82) is 0 Å². The summed E-state index contributed by atoms with van der Waals surface area (Å²) in [5.41, 5.74) is 0. The predicted octanol–water partition coefficient (Wildman–Crippen LogP) is 6.67. The molecular weight excluding hydrogens is 424 g/mol. The van der Waals surface area contributed by atoms with E-state index in [2.05, 4.69) is 4.74 Å². The fourth-order valence-corrected chi connectivity index (χ4v) is 5.35. The number of ether oxygens (including phenoxy) is 2. The van der Waals surface area contributed by atoms with Gasteiger partial charge in [-0.2, -0.15) is 8.78 Å². The first-order chi connectivity index (χ1) is 13.9. The van der Waals surface area contributed by atoms with Crippen molar-refractivity contribution in [2.24, 2.45) is 17.8 Å². The molecule has 0 saturated heterocycles. The van der Waals surface area contributed by atoms with Gasteiger partial charge in [-0.25, -0.2) is 13.2 Å². The average Bonchev–Trinajstić information content (AvgIpc) is 2.61. The maximum absolute atomic E-state index is 14.7. The van der Waals surface area contributed by atoms with Crippen molar-refractivity contribution >= 4 is 0 Å². The Labute approximate surface area is 170 Å². The fraction of sp³-hybridized carbons (Fsp3) is 1.00. The van der Waals surface area contributed by atoms with Crippen molar-refractivity contribution in [3.8, 4) is 0 Å². The maximum Gasteiger partial charge on any atom is 0.522 e. The van der Waals surface area contributed by atoms with Crippen LogP contribution in [0.4, 0.5) is 35.1 Å². The highest BCUT2D eigenvalue weighted by Crippen LogP contribution is 2.48. The molecule has 3 fully saturated rings. The second kappa shape index (κ2) is 9.46. The van der Waals surface area contributed by atoms with Gasteiger partial charge in [0.1, 0.15) is 24.4 Å². The van der Waals surface area contributed by atoms with Gasteiger partial charge in [-0.05, 0) is 69.6 Å². The van der Waals surface area contributed by atoms with Gasteiger partial charge < -0.3 is 4.74 Å². The lowest BCUT2D eigenvalue weighted by Gasteiger charge is -2.43. The molecule has 3 saturated carbocycles. The van der Waals surface area contributed by atoms with Crippen molar-refractivity contribution in [1.82, 2.24) is 0 Å². The van der Waals surface area contributed by atoms with Crippen LogP contribution < -0.4 is 0 Å². The Morgan fingerprint density at radius 1 is 0.600 bits per heavy atom. The number of hydrogen-bond donors (Lipinski definition) is 0. The van der Waals surface area contributed by atoms with E-state index < -0.39 is 55.0 Å². The van der Waals surface area contributed by atoms with Crippen LogP contribution in [-0.4, -0.2) is 43.2 Å². The van der Waals surface area contributed by atoms with Crippen molar-refractivity contribution in [2.45, 2.75) is 107 Å². The zero-order valence-corrected chi connectivity index (χ0v) is 16.5. The van der Waals surface area contributed by atoms with Gasteiger partial charge in [-0.1, -0.05) is 6.42 Å². The molecule has 2 nitrogen and oxygen atoms in total. The first-order valence-electron chi connectivity index (χ1n) is 10.7. The fourth-order valence-electron chi connectivity index (χ4n) is 5.35. The Morgan fingerprint density at radius 2 is 1.13 bits per heavy atom. The summed E-state index contributed by atoms with van der Waals surface area (Å²) in [6, 6.07) is 0. The largest absolute Gasteiger partial charge is 0.522 e. The molecule has 0 aliphatic heterocycles. The molecule has 0 radical (unpaired) electrons. The van der Waals surface area contributed by atoms with Crippen LogP contribution >= 0.6 is 0 Å². The van der Waals surface area contributed by atoms with Crippen molar-refractivity contribution in [3.05, 3.63) is 0 Å². The van der Waals surface area contributed by atoms with Crippen LogP contribution in [0.1, 0.15) is 64.2 Å². The molecular formula is C20H28F8O2. The van der Waals surface area contributed by atoms with Gasteiger partial charge in [0.25, 0.3) is 0 Å². The maximum atomic E-state index is 14.7. The number of alkyl halides is 8. The summed E-state index contributed by atoms with van der Waals surface area (Å²) < 4.78 is 118. The quantitative estimate of drug-likeness (QED) is 0.434. The van der Waals surface area contributed by atoms with Crippen LogP contribution in [-0.2, 0) is 9.47 Å². The third-order valence-electron chi connectivity index (χ3n) is 6.79. The molecule has 176 valence electrons. The van der Waals surface area contributed by atoms with Gasteiger partial charge in [0.2, 0.25) is 0 Å². The highest BCUT2D eigenvalue weighted by atomic mass is 19.4. The summed E-state index contributed by atoms with van der Waals surface area (Å²) in [4.78, 5) is 0. The summed E-state index contributed by atoms with van der Waals surface area (Å²) in [6.07, 6.45) is -15.4. The van der Waals surface area contributed by atoms with E-state index in [9.17, 15) is 35.1 Å². The lowest BCUT2D eigenvalue weighted by molar-refractivity contribution is -0.352. The minimum atomic E-state index is -4.80. The molecule has 0 aromatic carbocycles. The van der Waals surface area contributed by atoms with Gasteiger partial charge in [-0.3, -0.25) is 4.74 Å². The zero-order chi connectivity index (χ0) is 22.1. The molecule has 10 heteroatoms. The lowest BCUT2D eigenvalue weighted by atomic mass is 9.69. The first-order valence-corrected chi connectivity index (χ1v) is 10.7. The molecule has 3 rings (SSSR count). The Hall–Kier alpha value is -0.640. The normalized spacial score (nSPS) is 41.6. The second-order valence-corrected chi connectivity index (χ2v) is 8.96. The highest BCUT2D eigenvalue weighted by Gasteiger charge is 2.56. The van der Waals surface area contributed by atoms with E-state index in [1.807, 2.05) is 0 Å². The number of hydrogen-bond acceptors (Lipinski definition) is 2. The van der Waals surface area contributed by atoms with Crippen molar-refractivity contribution in [2.75, 3.05) is 0 Å². The van der Waals surface area contributed by atoms with E-state index in [4.69, 9.17) is 4.74 Å². The molecule has 30 heavy (non-hydrogen) atoms.